The average Bonchev–Trinajstić information content (AvgIpc) is 2.12. The zero-order valence-corrected chi connectivity index (χ0v) is 9.59. The summed E-state index contributed by atoms with van der Waals surface area (Å²) >= 11 is 0. The predicted octanol–water partition coefficient (Wildman–Crippen LogP) is 3.16. The first-order valence-electron chi connectivity index (χ1n) is 5.31. The van der Waals surface area contributed by atoms with Gasteiger partial charge in [-0.25, -0.2) is 4.98 Å². The fourth-order valence-electron chi connectivity index (χ4n) is 1.36. The lowest BCUT2D eigenvalue weighted by Crippen LogP contribution is -2.11. The molecule has 0 saturated heterocycles. The molecular weight excluding hydrogens is 172 g/mol. The molecule has 1 aromatic rings. The van der Waals surface area contributed by atoms with Crippen LogP contribution >= 0.6 is 0 Å². The number of rotatable bonds is 4. The Hall–Kier alpha value is -1.05. The standard InChI is InChI=1S/C12H20N2/c1-5-9(2)8-13-12-7-10(3)6-11(4)14-12/h6-7,9H,5,8H2,1-4H3,(H,13,14). The van der Waals surface area contributed by atoms with Crippen LogP contribution < -0.4 is 5.32 Å². The normalized spacial score (nSPS) is 12.6. The summed E-state index contributed by atoms with van der Waals surface area (Å²) in [5.41, 5.74) is 2.35. The third-order valence-electron chi connectivity index (χ3n) is 2.43. The van der Waals surface area contributed by atoms with Crippen LogP contribution in [0.3, 0.4) is 0 Å². The highest BCUT2D eigenvalue weighted by Crippen LogP contribution is 2.10. The quantitative estimate of drug-likeness (QED) is 0.792. The highest BCUT2D eigenvalue weighted by Gasteiger charge is 2.00. The summed E-state index contributed by atoms with van der Waals surface area (Å²) in [5, 5.41) is 3.37. The van der Waals surface area contributed by atoms with Crippen LogP contribution in [0.5, 0.6) is 0 Å². The minimum Gasteiger partial charge on any atom is -0.370 e. The van der Waals surface area contributed by atoms with Crippen molar-refractivity contribution in [2.24, 2.45) is 5.92 Å². The van der Waals surface area contributed by atoms with Gasteiger partial charge in [-0.15, -0.1) is 0 Å². The Labute approximate surface area is 86.8 Å². The van der Waals surface area contributed by atoms with Crippen LogP contribution in [0.2, 0.25) is 0 Å². The Morgan fingerprint density at radius 3 is 2.64 bits per heavy atom. The van der Waals surface area contributed by atoms with Crippen molar-refractivity contribution in [3.05, 3.63) is 23.4 Å². The Balaban J connectivity index is 2.58. The van der Waals surface area contributed by atoms with E-state index in [0.717, 1.165) is 18.1 Å². The molecule has 1 unspecified atom stereocenters. The minimum atomic E-state index is 0.706. The monoisotopic (exact) mass is 192 g/mol. The van der Waals surface area contributed by atoms with Gasteiger partial charge in [0.15, 0.2) is 0 Å². The van der Waals surface area contributed by atoms with Crippen LogP contribution in [0.4, 0.5) is 5.82 Å². The third kappa shape index (κ3) is 3.36. The minimum absolute atomic E-state index is 0.706. The molecule has 0 fully saturated rings. The number of nitrogens with zero attached hydrogens (tertiary/aromatic N) is 1. The summed E-state index contributed by atoms with van der Waals surface area (Å²) < 4.78 is 0. The molecule has 0 aliphatic carbocycles. The van der Waals surface area contributed by atoms with Crippen LogP contribution in [0.1, 0.15) is 31.5 Å². The fourth-order valence-corrected chi connectivity index (χ4v) is 1.36. The van der Waals surface area contributed by atoms with E-state index in [1.165, 1.54) is 12.0 Å². The Morgan fingerprint density at radius 2 is 2.07 bits per heavy atom. The lowest BCUT2D eigenvalue weighted by molar-refractivity contribution is 0.592. The lowest BCUT2D eigenvalue weighted by Gasteiger charge is -2.11. The van der Waals surface area contributed by atoms with Crippen LogP contribution in [0.25, 0.3) is 0 Å². The molecule has 1 atom stereocenters. The number of aromatic nitrogens is 1. The molecule has 14 heavy (non-hydrogen) atoms. The van der Waals surface area contributed by atoms with E-state index in [1.807, 2.05) is 6.92 Å². The molecule has 0 aliphatic rings. The Morgan fingerprint density at radius 1 is 1.36 bits per heavy atom. The topological polar surface area (TPSA) is 24.9 Å². The van der Waals surface area contributed by atoms with Crippen molar-refractivity contribution in [3.8, 4) is 0 Å². The molecule has 1 rings (SSSR count). The van der Waals surface area contributed by atoms with Crippen molar-refractivity contribution in [3.63, 3.8) is 0 Å². The number of aryl methyl sites for hydroxylation is 2. The fraction of sp³-hybridized carbons (Fsp3) is 0.583. The second kappa shape index (κ2) is 4.99. The molecule has 0 aliphatic heterocycles. The van der Waals surface area contributed by atoms with Gasteiger partial charge < -0.3 is 5.32 Å². The molecule has 2 nitrogen and oxygen atoms in total. The van der Waals surface area contributed by atoms with Crippen molar-refractivity contribution in [1.29, 1.82) is 0 Å². The molecule has 1 N–H and O–H groups in total. The summed E-state index contributed by atoms with van der Waals surface area (Å²) in [6, 6.07) is 4.18. The first kappa shape index (κ1) is 11.0. The van der Waals surface area contributed by atoms with Crippen molar-refractivity contribution < 1.29 is 0 Å². The van der Waals surface area contributed by atoms with Gasteiger partial charge in [0.25, 0.3) is 0 Å². The van der Waals surface area contributed by atoms with Crippen molar-refractivity contribution >= 4 is 5.82 Å². The Bertz CT molecular complexity index is 274. The van der Waals surface area contributed by atoms with Crippen molar-refractivity contribution in [1.82, 2.24) is 4.98 Å². The maximum Gasteiger partial charge on any atom is 0.126 e. The van der Waals surface area contributed by atoms with Crippen LogP contribution in [0, 0.1) is 19.8 Å². The summed E-state index contributed by atoms with van der Waals surface area (Å²) in [7, 11) is 0. The van der Waals surface area contributed by atoms with Crippen molar-refractivity contribution in [2.45, 2.75) is 34.1 Å². The molecule has 0 aromatic carbocycles. The number of anilines is 1. The van der Waals surface area contributed by atoms with E-state index in [9.17, 15) is 0 Å². The van der Waals surface area contributed by atoms with Gasteiger partial charge >= 0.3 is 0 Å². The molecule has 78 valence electrons. The Kier molecular flexibility index (Phi) is 3.93. The maximum absolute atomic E-state index is 4.43. The maximum atomic E-state index is 4.43. The second-order valence-electron chi connectivity index (χ2n) is 4.07. The molecule has 0 amide bonds. The summed E-state index contributed by atoms with van der Waals surface area (Å²) in [4.78, 5) is 4.43. The van der Waals surface area contributed by atoms with Crippen molar-refractivity contribution in [2.75, 3.05) is 11.9 Å². The number of nitrogens with one attached hydrogen (secondary N) is 1. The molecule has 0 spiro atoms. The van der Waals surface area contributed by atoms with Crippen LogP contribution in [-0.4, -0.2) is 11.5 Å². The summed E-state index contributed by atoms with van der Waals surface area (Å²) in [5.74, 6) is 1.71. The van der Waals surface area contributed by atoms with E-state index in [0.29, 0.717) is 5.92 Å². The second-order valence-corrected chi connectivity index (χ2v) is 4.07. The molecule has 1 heterocycles. The largest absolute Gasteiger partial charge is 0.370 e. The van der Waals surface area contributed by atoms with E-state index in [4.69, 9.17) is 0 Å². The van der Waals surface area contributed by atoms with Gasteiger partial charge in [0.1, 0.15) is 5.82 Å². The predicted molar refractivity (Wildman–Crippen MR) is 61.7 cm³/mol. The summed E-state index contributed by atoms with van der Waals surface area (Å²) in [6.07, 6.45) is 1.21. The van der Waals surface area contributed by atoms with E-state index >= 15 is 0 Å². The average molecular weight is 192 g/mol. The highest BCUT2D eigenvalue weighted by atomic mass is 15.0. The zero-order chi connectivity index (χ0) is 10.6. The lowest BCUT2D eigenvalue weighted by atomic mass is 10.1. The molecule has 0 bridgehead atoms. The SMILES string of the molecule is CCC(C)CNc1cc(C)cc(C)n1. The van der Waals surface area contributed by atoms with Gasteiger partial charge in [-0.1, -0.05) is 20.3 Å². The smallest absolute Gasteiger partial charge is 0.126 e. The number of hydrogen-bond acceptors (Lipinski definition) is 2. The first-order valence-corrected chi connectivity index (χ1v) is 5.31. The highest BCUT2D eigenvalue weighted by molar-refractivity contribution is 5.38. The van der Waals surface area contributed by atoms with Gasteiger partial charge in [-0.05, 0) is 37.5 Å². The molecule has 0 saturated carbocycles. The van der Waals surface area contributed by atoms with E-state index in [-0.39, 0.29) is 0 Å². The van der Waals surface area contributed by atoms with E-state index in [1.54, 1.807) is 0 Å². The molecule has 0 radical (unpaired) electrons. The number of hydrogen-bond donors (Lipinski definition) is 1. The molecule has 2 heteroatoms. The van der Waals surface area contributed by atoms with E-state index < -0.39 is 0 Å². The summed E-state index contributed by atoms with van der Waals surface area (Å²) in [6.45, 7) is 9.59. The zero-order valence-electron chi connectivity index (χ0n) is 9.59. The van der Waals surface area contributed by atoms with Crippen LogP contribution in [-0.2, 0) is 0 Å². The molecule has 1 aromatic heterocycles. The van der Waals surface area contributed by atoms with E-state index in [2.05, 4.69) is 43.2 Å². The van der Waals surface area contributed by atoms with Gasteiger partial charge in [-0.2, -0.15) is 0 Å². The van der Waals surface area contributed by atoms with Crippen LogP contribution in [0.15, 0.2) is 12.1 Å². The van der Waals surface area contributed by atoms with Gasteiger partial charge in [-0.3, -0.25) is 0 Å². The third-order valence-corrected chi connectivity index (χ3v) is 2.43. The molecular formula is C12H20N2. The first-order chi connectivity index (χ1) is 6.61. The number of pyridine rings is 1. The van der Waals surface area contributed by atoms with Gasteiger partial charge in [0, 0.05) is 12.2 Å². The van der Waals surface area contributed by atoms with Gasteiger partial charge in [0.2, 0.25) is 0 Å². The van der Waals surface area contributed by atoms with Gasteiger partial charge in [0.05, 0.1) is 0 Å².